The van der Waals surface area contributed by atoms with Gasteiger partial charge in [-0.05, 0) is 6.42 Å². The average Bonchev–Trinajstić information content (AvgIpc) is 2.36. The maximum Gasteiger partial charge on any atom is 0.137 e. The molecule has 1 fully saturated rings. The van der Waals surface area contributed by atoms with E-state index < -0.39 is 12.2 Å². The number of aldehydes is 1. The third-order valence-electron chi connectivity index (χ3n) is 3.00. The van der Waals surface area contributed by atoms with Crippen molar-refractivity contribution in [2.45, 2.75) is 31.1 Å². The van der Waals surface area contributed by atoms with Crippen molar-refractivity contribution < 1.29 is 19.7 Å². The number of aliphatic hydroxyl groups is 2. The summed E-state index contributed by atoms with van der Waals surface area (Å²) >= 11 is 0. The van der Waals surface area contributed by atoms with Gasteiger partial charge in [0.15, 0.2) is 0 Å². The van der Waals surface area contributed by atoms with Crippen molar-refractivity contribution in [2.75, 3.05) is 32.8 Å². The van der Waals surface area contributed by atoms with Crippen LogP contribution in [0.2, 0.25) is 0 Å². The Bertz CT molecular complexity index is 222. The van der Waals surface area contributed by atoms with Crippen molar-refractivity contribution >= 4 is 6.29 Å². The third-order valence-corrected chi connectivity index (χ3v) is 3.00. The molecule has 6 heteroatoms. The van der Waals surface area contributed by atoms with E-state index in [-0.39, 0.29) is 19.0 Å². The van der Waals surface area contributed by atoms with Crippen LogP contribution < -0.4 is 5.73 Å². The molecule has 0 aromatic rings. The zero-order valence-corrected chi connectivity index (χ0v) is 9.99. The molecule has 1 aliphatic heterocycles. The Morgan fingerprint density at radius 3 is 2.41 bits per heavy atom. The number of ether oxygens (including phenoxy) is 1. The number of carbonyl (C=O) groups is 1. The molecule has 0 bridgehead atoms. The van der Waals surface area contributed by atoms with Gasteiger partial charge in [-0.25, -0.2) is 0 Å². The highest BCUT2D eigenvalue weighted by Gasteiger charge is 2.23. The fourth-order valence-electron chi connectivity index (χ4n) is 1.99. The summed E-state index contributed by atoms with van der Waals surface area (Å²) in [5.74, 6) is 0. The predicted octanol–water partition coefficient (Wildman–Crippen LogP) is -1.65. The highest BCUT2D eigenvalue weighted by molar-refractivity contribution is 5.57. The van der Waals surface area contributed by atoms with E-state index in [1.807, 2.05) is 4.90 Å². The van der Waals surface area contributed by atoms with E-state index in [0.717, 1.165) is 6.29 Å². The summed E-state index contributed by atoms with van der Waals surface area (Å²) < 4.78 is 5.20. The van der Waals surface area contributed by atoms with Crippen molar-refractivity contribution in [2.24, 2.45) is 5.73 Å². The first kappa shape index (κ1) is 14.5. The van der Waals surface area contributed by atoms with Crippen molar-refractivity contribution in [3.8, 4) is 0 Å². The van der Waals surface area contributed by atoms with E-state index in [2.05, 4.69) is 0 Å². The van der Waals surface area contributed by atoms with Crippen molar-refractivity contribution in [3.63, 3.8) is 0 Å². The van der Waals surface area contributed by atoms with E-state index in [1.165, 1.54) is 0 Å². The minimum Gasteiger partial charge on any atom is -0.393 e. The summed E-state index contributed by atoms with van der Waals surface area (Å²) in [6.45, 7) is 2.77. The maximum atomic E-state index is 11.0. The number of nitrogens with zero attached hydrogens (tertiary/aromatic N) is 1. The minimum absolute atomic E-state index is 0.125. The second-order valence-corrected chi connectivity index (χ2v) is 4.37. The minimum atomic E-state index is -0.706. The summed E-state index contributed by atoms with van der Waals surface area (Å²) in [4.78, 5) is 13.0. The van der Waals surface area contributed by atoms with E-state index in [1.54, 1.807) is 0 Å². The number of morpholine rings is 1. The lowest BCUT2D eigenvalue weighted by molar-refractivity contribution is -0.115. The van der Waals surface area contributed by atoms with E-state index in [0.29, 0.717) is 32.7 Å². The zero-order chi connectivity index (χ0) is 12.7. The summed E-state index contributed by atoms with van der Waals surface area (Å²) in [6.07, 6.45) is -0.0108. The molecule has 100 valence electrons. The maximum absolute atomic E-state index is 11.0. The largest absolute Gasteiger partial charge is 0.393 e. The van der Waals surface area contributed by atoms with Crippen LogP contribution in [0.5, 0.6) is 0 Å². The van der Waals surface area contributed by atoms with Gasteiger partial charge in [0.25, 0.3) is 0 Å². The lowest BCUT2D eigenvalue weighted by Crippen LogP contribution is -2.46. The first-order valence-electron chi connectivity index (χ1n) is 6.00. The quantitative estimate of drug-likeness (QED) is 0.466. The van der Waals surface area contributed by atoms with Gasteiger partial charge in [0.1, 0.15) is 6.29 Å². The zero-order valence-electron chi connectivity index (χ0n) is 9.99. The van der Waals surface area contributed by atoms with E-state index in [4.69, 9.17) is 10.5 Å². The fraction of sp³-hybridized carbons (Fsp3) is 0.909. The lowest BCUT2D eigenvalue weighted by atomic mass is 10.0. The number of rotatable bonds is 7. The Hall–Kier alpha value is -0.530. The van der Waals surface area contributed by atoms with Crippen LogP contribution in [-0.4, -0.2) is 72.5 Å². The van der Waals surface area contributed by atoms with Crippen LogP contribution in [0.1, 0.15) is 12.8 Å². The summed E-state index contributed by atoms with van der Waals surface area (Å²) in [5, 5.41) is 19.1. The monoisotopic (exact) mass is 246 g/mol. The van der Waals surface area contributed by atoms with Crippen molar-refractivity contribution in [1.82, 2.24) is 4.90 Å². The Morgan fingerprint density at radius 2 is 1.88 bits per heavy atom. The average molecular weight is 246 g/mol. The molecule has 0 radical (unpaired) electrons. The van der Waals surface area contributed by atoms with Crippen molar-refractivity contribution in [1.29, 1.82) is 0 Å². The van der Waals surface area contributed by atoms with E-state index >= 15 is 0 Å². The number of carbonyl (C=O) groups excluding carboxylic acids is 1. The van der Waals surface area contributed by atoms with Gasteiger partial charge in [-0.3, -0.25) is 4.90 Å². The second kappa shape index (κ2) is 7.73. The highest BCUT2D eigenvalue weighted by Crippen LogP contribution is 2.11. The van der Waals surface area contributed by atoms with Gasteiger partial charge in [-0.2, -0.15) is 0 Å². The molecular weight excluding hydrogens is 224 g/mol. The van der Waals surface area contributed by atoms with Gasteiger partial charge in [-0.1, -0.05) is 0 Å². The van der Waals surface area contributed by atoms with Gasteiger partial charge < -0.3 is 25.5 Å². The molecular formula is C11H22N2O4. The Kier molecular flexibility index (Phi) is 6.61. The van der Waals surface area contributed by atoms with Crippen LogP contribution in [0.4, 0.5) is 0 Å². The molecule has 0 aromatic heterocycles. The highest BCUT2D eigenvalue weighted by atomic mass is 16.5. The number of hydrogen-bond donors (Lipinski definition) is 3. The molecule has 4 N–H and O–H groups in total. The molecule has 17 heavy (non-hydrogen) atoms. The van der Waals surface area contributed by atoms with Gasteiger partial charge in [0.05, 0.1) is 31.5 Å². The number of hydrogen-bond acceptors (Lipinski definition) is 6. The molecule has 3 atom stereocenters. The summed E-state index contributed by atoms with van der Waals surface area (Å²) in [6, 6.07) is -0.307. The topological polar surface area (TPSA) is 96.0 Å². The Labute approximate surface area is 101 Å². The molecule has 0 aromatic carbocycles. The smallest absolute Gasteiger partial charge is 0.137 e. The van der Waals surface area contributed by atoms with Gasteiger partial charge >= 0.3 is 0 Å². The first-order valence-corrected chi connectivity index (χ1v) is 6.00. The van der Waals surface area contributed by atoms with Crippen LogP contribution in [0.25, 0.3) is 0 Å². The predicted molar refractivity (Wildman–Crippen MR) is 62.5 cm³/mol. The van der Waals surface area contributed by atoms with E-state index in [9.17, 15) is 15.0 Å². The molecule has 0 amide bonds. The molecule has 0 aliphatic carbocycles. The molecule has 0 saturated carbocycles. The molecule has 1 rings (SSSR count). The van der Waals surface area contributed by atoms with Crippen LogP contribution in [0, 0.1) is 0 Å². The van der Waals surface area contributed by atoms with Gasteiger partial charge in [0.2, 0.25) is 0 Å². The van der Waals surface area contributed by atoms with Gasteiger partial charge in [0, 0.05) is 26.1 Å². The van der Waals surface area contributed by atoms with Crippen LogP contribution in [0.3, 0.4) is 0 Å². The number of nitrogens with two attached hydrogens (primary N) is 1. The molecule has 1 heterocycles. The SMILES string of the molecule is NC[C@@H](O)C[C@H](O)CC(C=O)N1CCOCC1. The molecule has 1 aliphatic rings. The van der Waals surface area contributed by atoms with Crippen LogP contribution >= 0.6 is 0 Å². The Balaban J connectivity index is 2.36. The molecule has 6 nitrogen and oxygen atoms in total. The second-order valence-electron chi connectivity index (χ2n) is 4.37. The standard InChI is InChI=1S/C11H22N2O4/c12-7-11(16)6-10(15)5-9(8-14)13-1-3-17-4-2-13/h8-11,15-16H,1-7,12H2/t9?,10-,11+/m1/s1. The Morgan fingerprint density at radius 1 is 1.24 bits per heavy atom. The third kappa shape index (κ3) is 5.10. The van der Waals surface area contributed by atoms with Crippen LogP contribution in [0.15, 0.2) is 0 Å². The lowest BCUT2D eigenvalue weighted by Gasteiger charge is -2.32. The first-order chi connectivity index (χ1) is 8.17. The normalized spacial score (nSPS) is 23.0. The number of aliphatic hydroxyl groups excluding tert-OH is 2. The summed E-state index contributed by atoms with van der Waals surface area (Å²) in [7, 11) is 0. The molecule has 0 spiro atoms. The summed E-state index contributed by atoms with van der Waals surface area (Å²) in [5.41, 5.74) is 5.27. The molecule has 1 unspecified atom stereocenters. The fourth-order valence-corrected chi connectivity index (χ4v) is 1.99. The van der Waals surface area contributed by atoms with Crippen LogP contribution in [-0.2, 0) is 9.53 Å². The van der Waals surface area contributed by atoms with Crippen molar-refractivity contribution in [3.05, 3.63) is 0 Å². The van der Waals surface area contributed by atoms with Gasteiger partial charge in [-0.15, -0.1) is 0 Å². The molecule has 1 saturated heterocycles.